The lowest BCUT2D eigenvalue weighted by molar-refractivity contribution is 0.427. The van der Waals surface area contributed by atoms with E-state index in [0.29, 0.717) is 5.41 Å². The predicted molar refractivity (Wildman–Crippen MR) is 56.2 cm³/mol. The van der Waals surface area contributed by atoms with Crippen LogP contribution in [0.2, 0.25) is 0 Å². The minimum atomic E-state index is -0.250. The van der Waals surface area contributed by atoms with Crippen molar-refractivity contribution < 1.29 is 0 Å². The molecule has 1 nitrogen and oxygen atoms in total. The molecule has 13 heavy (non-hydrogen) atoms. The zero-order valence-corrected chi connectivity index (χ0v) is 9.90. The Labute approximate surface area is 87.9 Å². The fraction of sp³-hybridized carbons (Fsp3) is 0.727. The Morgan fingerprint density at radius 2 is 2.08 bits per heavy atom. The Kier molecular flexibility index (Phi) is 1.70. The fourth-order valence-corrected chi connectivity index (χ4v) is 3.60. The van der Waals surface area contributed by atoms with E-state index in [2.05, 4.69) is 35.8 Å². The second-order valence-electron chi connectivity index (χ2n) is 4.98. The van der Waals surface area contributed by atoms with Crippen LogP contribution in [0.4, 0.5) is 0 Å². The molecular weight excluding hydrogens is 226 g/mol. The van der Waals surface area contributed by atoms with Crippen molar-refractivity contribution in [3.63, 3.8) is 0 Å². The van der Waals surface area contributed by atoms with E-state index in [1.54, 1.807) is 0 Å². The van der Waals surface area contributed by atoms with E-state index >= 15 is 0 Å². The van der Waals surface area contributed by atoms with Crippen molar-refractivity contribution in [3.8, 4) is 6.07 Å². The maximum absolute atomic E-state index is 9.11. The smallest absolute Gasteiger partial charge is 0.0859 e. The SMILES string of the molecule is CC1(C#N)CCC2C(=C1Br)C2(C)C. The Hall–Kier alpha value is -0.290. The molecule has 2 unspecified atom stereocenters. The molecule has 0 N–H and O–H groups in total. The minimum Gasteiger partial charge on any atom is -0.197 e. The molecule has 0 heterocycles. The summed E-state index contributed by atoms with van der Waals surface area (Å²) in [5.41, 5.74) is 1.59. The maximum Gasteiger partial charge on any atom is 0.0859 e. The Morgan fingerprint density at radius 3 is 2.62 bits per heavy atom. The molecule has 0 bridgehead atoms. The number of fused-ring (bicyclic) bond motifs is 1. The van der Waals surface area contributed by atoms with Crippen molar-refractivity contribution in [2.75, 3.05) is 0 Å². The summed E-state index contributed by atoms with van der Waals surface area (Å²) in [6.45, 7) is 6.59. The molecule has 2 aliphatic carbocycles. The third kappa shape index (κ3) is 1.03. The highest BCUT2D eigenvalue weighted by Crippen LogP contribution is 2.68. The monoisotopic (exact) mass is 239 g/mol. The predicted octanol–water partition coefficient (Wildman–Crippen LogP) is 3.62. The lowest BCUT2D eigenvalue weighted by atomic mass is 9.82. The van der Waals surface area contributed by atoms with E-state index in [4.69, 9.17) is 5.26 Å². The topological polar surface area (TPSA) is 23.8 Å². The van der Waals surface area contributed by atoms with Gasteiger partial charge in [-0.3, -0.25) is 0 Å². The van der Waals surface area contributed by atoms with Crippen LogP contribution in [0.5, 0.6) is 0 Å². The second-order valence-corrected chi connectivity index (χ2v) is 5.78. The van der Waals surface area contributed by atoms with Crippen molar-refractivity contribution in [3.05, 3.63) is 10.1 Å². The number of nitriles is 1. The summed E-state index contributed by atoms with van der Waals surface area (Å²) in [5.74, 6) is 0.739. The molecule has 0 amide bonds. The van der Waals surface area contributed by atoms with Crippen LogP contribution in [0.1, 0.15) is 33.6 Å². The van der Waals surface area contributed by atoms with Gasteiger partial charge in [0, 0.05) is 4.48 Å². The van der Waals surface area contributed by atoms with Crippen LogP contribution in [0.3, 0.4) is 0 Å². The average Bonchev–Trinajstić information content (AvgIpc) is 2.62. The van der Waals surface area contributed by atoms with E-state index in [1.165, 1.54) is 16.5 Å². The van der Waals surface area contributed by atoms with Gasteiger partial charge in [0.2, 0.25) is 0 Å². The van der Waals surface area contributed by atoms with E-state index in [0.717, 1.165) is 12.3 Å². The van der Waals surface area contributed by atoms with Crippen molar-refractivity contribution in [1.29, 1.82) is 5.26 Å². The van der Waals surface area contributed by atoms with Crippen molar-refractivity contribution in [2.45, 2.75) is 33.6 Å². The van der Waals surface area contributed by atoms with Gasteiger partial charge in [0.15, 0.2) is 0 Å². The van der Waals surface area contributed by atoms with Gasteiger partial charge in [0.25, 0.3) is 0 Å². The van der Waals surface area contributed by atoms with Gasteiger partial charge in [0.05, 0.1) is 11.5 Å². The third-order valence-corrected chi connectivity index (χ3v) is 5.03. The van der Waals surface area contributed by atoms with Crippen molar-refractivity contribution in [2.24, 2.45) is 16.7 Å². The highest BCUT2D eigenvalue weighted by Gasteiger charge is 2.58. The number of hydrogen-bond acceptors (Lipinski definition) is 1. The first-order valence-corrected chi connectivity index (χ1v) is 5.54. The summed E-state index contributed by atoms with van der Waals surface area (Å²) in [5, 5.41) is 9.11. The lowest BCUT2D eigenvalue weighted by Gasteiger charge is -2.24. The number of rotatable bonds is 0. The van der Waals surface area contributed by atoms with Gasteiger partial charge in [-0.2, -0.15) is 5.26 Å². The number of nitrogens with zero attached hydrogens (tertiary/aromatic N) is 1. The van der Waals surface area contributed by atoms with E-state index < -0.39 is 0 Å². The number of halogens is 1. The fourth-order valence-electron chi connectivity index (χ4n) is 2.52. The Bertz CT molecular complexity index is 334. The minimum absolute atomic E-state index is 0.250. The molecule has 0 aromatic heterocycles. The summed E-state index contributed by atoms with van der Waals surface area (Å²) in [6.07, 6.45) is 2.18. The standard InChI is InChI=1S/C11H14BrN/c1-10(2)7-4-5-11(3,6-13)9(12)8(7)10/h7H,4-5H2,1-3H3. The molecule has 0 spiro atoms. The quantitative estimate of drug-likeness (QED) is 0.634. The van der Waals surface area contributed by atoms with Crippen LogP contribution in [0.15, 0.2) is 10.1 Å². The second kappa shape index (κ2) is 2.39. The molecule has 1 saturated carbocycles. The van der Waals surface area contributed by atoms with Gasteiger partial charge < -0.3 is 0 Å². The van der Waals surface area contributed by atoms with Crippen LogP contribution in [0, 0.1) is 28.1 Å². The molecule has 1 fully saturated rings. The van der Waals surface area contributed by atoms with Crippen molar-refractivity contribution >= 4 is 15.9 Å². The first-order valence-electron chi connectivity index (χ1n) is 4.75. The first kappa shape index (κ1) is 9.27. The first-order chi connectivity index (χ1) is 5.93. The summed E-state index contributed by atoms with van der Waals surface area (Å²) < 4.78 is 1.17. The molecule has 2 aliphatic rings. The summed E-state index contributed by atoms with van der Waals surface area (Å²) in [4.78, 5) is 0. The van der Waals surface area contributed by atoms with Crippen LogP contribution < -0.4 is 0 Å². The van der Waals surface area contributed by atoms with Gasteiger partial charge in [0.1, 0.15) is 0 Å². The zero-order chi connectivity index (χ0) is 9.85. The zero-order valence-electron chi connectivity index (χ0n) is 8.32. The van der Waals surface area contributed by atoms with E-state index in [9.17, 15) is 0 Å². The van der Waals surface area contributed by atoms with Gasteiger partial charge in [-0.1, -0.05) is 29.8 Å². The summed E-state index contributed by atoms with van der Waals surface area (Å²) in [6, 6.07) is 2.42. The van der Waals surface area contributed by atoms with Gasteiger partial charge in [-0.15, -0.1) is 0 Å². The molecule has 0 saturated heterocycles. The van der Waals surface area contributed by atoms with Crippen LogP contribution in [-0.2, 0) is 0 Å². The molecule has 2 atom stereocenters. The molecular formula is C11H14BrN. The lowest BCUT2D eigenvalue weighted by Crippen LogP contribution is -2.16. The van der Waals surface area contributed by atoms with Gasteiger partial charge in [-0.25, -0.2) is 0 Å². The molecule has 2 heteroatoms. The Balaban J connectivity index is 2.46. The summed E-state index contributed by atoms with van der Waals surface area (Å²) in [7, 11) is 0. The van der Waals surface area contributed by atoms with Crippen LogP contribution in [-0.4, -0.2) is 0 Å². The normalized spacial score (nSPS) is 41.0. The Morgan fingerprint density at radius 1 is 1.46 bits per heavy atom. The number of hydrogen-bond donors (Lipinski definition) is 0. The molecule has 0 radical (unpaired) electrons. The molecule has 0 aromatic rings. The van der Waals surface area contributed by atoms with Crippen LogP contribution >= 0.6 is 15.9 Å². The number of allylic oxidation sites excluding steroid dienone is 2. The molecule has 2 rings (SSSR count). The van der Waals surface area contributed by atoms with E-state index in [-0.39, 0.29) is 5.41 Å². The molecule has 0 aromatic carbocycles. The molecule has 70 valence electrons. The molecule has 0 aliphatic heterocycles. The average molecular weight is 240 g/mol. The van der Waals surface area contributed by atoms with Crippen molar-refractivity contribution in [1.82, 2.24) is 0 Å². The maximum atomic E-state index is 9.11. The van der Waals surface area contributed by atoms with Gasteiger partial charge in [-0.05, 0) is 36.7 Å². The highest BCUT2D eigenvalue weighted by molar-refractivity contribution is 9.11. The van der Waals surface area contributed by atoms with Crippen LogP contribution in [0.25, 0.3) is 0 Å². The highest BCUT2D eigenvalue weighted by atomic mass is 79.9. The van der Waals surface area contributed by atoms with E-state index in [1.807, 2.05) is 6.92 Å². The largest absolute Gasteiger partial charge is 0.197 e. The summed E-state index contributed by atoms with van der Waals surface area (Å²) >= 11 is 3.61. The third-order valence-electron chi connectivity index (χ3n) is 3.73. The van der Waals surface area contributed by atoms with Gasteiger partial charge >= 0.3 is 0 Å².